The maximum absolute atomic E-state index is 10.1. The first kappa shape index (κ1) is 10.7. The SMILES string of the molecule is NCc1cccc(-n2nc3ccccc3n2)c1O. The average Bonchev–Trinajstić information content (AvgIpc) is 2.82. The summed E-state index contributed by atoms with van der Waals surface area (Å²) in [5, 5.41) is 18.7. The lowest BCUT2D eigenvalue weighted by molar-refractivity contribution is 0.461. The molecule has 3 N–H and O–H groups in total. The summed E-state index contributed by atoms with van der Waals surface area (Å²) in [4.78, 5) is 1.43. The molecule has 0 atom stereocenters. The van der Waals surface area contributed by atoms with Gasteiger partial charge in [-0.2, -0.15) is 0 Å². The van der Waals surface area contributed by atoms with Crippen LogP contribution in [0.15, 0.2) is 42.5 Å². The molecule has 1 heterocycles. The van der Waals surface area contributed by atoms with Crippen LogP contribution in [0.5, 0.6) is 5.75 Å². The van der Waals surface area contributed by atoms with Crippen LogP contribution >= 0.6 is 0 Å². The number of aromatic nitrogens is 3. The van der Waals surface area contributed by atoms with E-state index in [1.54, 1.807) is 12.1 Å². The molecule has 0 spiro atoms. The normalized spacial score (nSPS) is 10.9. The second kappa shape index (κ2) is 4.12. The van der Waals surface area contributed by atoms with Crippen molar-refractivity contribution < 1.29 is 5.11 Å². The van der Waals surface area contributed by atoms with Gasteiger partial charge in [-0.3, -0.25) is 0 Å². The Labute approximate surface area is 103 Å². The van der Waals surface area contributed by atoms with Gasteiger partial charge in [0.15, 0.2) is 0 Å². The number of benzene rings is 2. The molecule has 90 valence electrons. The minimum atomic E-state index is 0.125. The molecule has 0 radical (unpaired) electrons. The number of rotatable bonds is 2. The van der Waals surface area contributed by atoms with E-state index < -0.39 is 0 Å². The summed E-state index contributed by atoms with van der Waals surface area (Å²) in [6.07, 6.45) is 0. The zero-order valence-corrected chi connectivity index (χ0v) is 9.61. The number of phenolic OH excluding ortho intramolecular Hbond substituents is 1. The first-order valence-corrected chi connectivity index (χ1v) is 5.63. The highest BCUT2D eigenvalue weighted by Gasteiger charge is 2.10. The van der Waals surface area contributed by atoms with Crippen LogP contribution in [-0.2, 0) is 6.54 Å². The van der Waals surface area contributed by atoms with Crippen molar-refractivity contribution in [1.29, 1.82) is 0 Å². The Kier molecular flexibility index (Phi) is 2.46. The van der Waals surface area contributed by atoms with Gasteiger partial charge in [0.1, 0.15) is 22.5 Å². The average molecular weight is 240 g/mol. The highest BCUT2D eigenvalue weighted by Crippen LogP contribution is 2.25. The van der Waals surface area contributed by atoms with E-state index in [0.29, 0.717) is 11.3 Å². The van der Waals surface area contributed by atoms with Crippen molar-refractivity contribution in [2.75, 3.05) is 0 Å². The van der Waals surface area contributed by atoms with E-state index in [1.807, 2.05) is 30.3 Å². The molecule has 0 saturated carbocycles. The number of hydrogen-bond donors (Lipinski definition) is 2. The van der Waals surface area contributed by atoms with E-state index in [1.165, 1.54) is 4.80 Å². The Hall–Kier alpha value is -2.40. The Morgan fingerprint density at radius 3 is 2.28 bits per heavy atom. The molecular weight excluding hydrogens is 228 g/mol. The van der Waals surface area contributed by atoms with E-state index >= 15 is 0 Å². The maximum atomic E-state index is 10.1. The first-order chi connectivity index (χ1) is 8.79. The highest BCUT2D eigenvalue weighted by atomic mass is 16.3. The summed E-state index contributed by atoms with van der Waals surface area (Å²) in [7, 11) is 0. The molecule has 0 bridgehead atoms. The van der Waals surface area contributed by atoms with E-state index in [0.717, 1.165) is 11.0 Å². The zero-order chi connectivity index (χ0) is 12.5. The van der Waals surface area contributed by atoms with E-state index in [4.69, 9.17) is 5.73 Å². The smallest absolute Gasteiger partial charge is 0.147 e. The molecule has 0 unspecified atom stereocenters. The standard InChI is InChI=1S/C13H12N4O/c14-8-9-4-3-7-12(13(9)18)17-15-10-5-1-2-6-11(10)16-17/h1-7,18H,8,14H2. The number of nitrogens with zero attached hydrogens (tertiary/aromatic N) is 3. The number of fused-ring (bicyclic) bond motifs is 1. The summed E-state index contributed by atoms with van der Waals surface area (Å²) >= 11 is 0. The molecule has 2 aromatic carbocycles. The predicted octanol–water partition coefficient (Wildman–Crippen LogP) is 1.58. The van der Waals surface area contributed by atoms with Gasteiger partial charge in [0, 0.05) is 12.1 Å². The van der Waals surface area contributed by atoms with Gasteiger partial charge in [0.05, 0.1) is 0 Å². The lowest BCUT2D eigenvalue weighted by atomic mass is 10.2. The summed E-state index contributed by atoms with van der Waals surface area (Å²) < 4.78 is 0. The van der Waals surface area contributed by atoms with Crippen LogP contribution in [0, 0.1) is 0 Å². The Bertz CT molecular complexity index is 672. The van der Waals surface area contributed by atoms with Crippen molar-refractivity contribution in [2.24, 2.45) is 5.73 Å². The van der Waals surface area contributed by atoms with Crippen molar-refractivity contribution >= 4 is 11.0 Å². The monoisotopic (exact) mass is 240 g/mol. The number of nitrogens with two attached hydrogens (primary N) is 1. The fraction of sp³-hybridized carbons (Fsp3) is 0.0769. The van der Waals surface area contributed by atoms with Gasteiger partial charge in [0.25, 0.3) is 0 Å². The number of hydrogen-bond acceptors (Lipinski definition) is 4. The van der Waals surface area contributed by atoms with Crippen molar-refractivity contribution in [3.05, 3.63) is 48.0 Å². The molecule has 3 aromatic rings. The first-order valence-electron chi connectivity index (χ1n) is 5.63. The van der Waals surface area contributed by atoms with Gasteiger partial charge in [-0.1, -0.05) is 24.3 Å². The summed E-state index contributed by atoms with van der Waals surface area (Å²) in [6, 6.07) is 12.9. The van der Waals surface area contributed by atoms with E-state index in [2.05, 4.69) is 10.2 Å². The molecule has 1 aromatic heterocycles. The fourth-order valence-corrected chi connectivity index (χ4v) is 1.87. The minimum Gasteiger partial charge on any atom is -0.505 e. The largest absolute Gasteiger partial charge is 0.505 e. The second-order valence-electron chi connectivity index (χ2n) is 3.97. The van der Waals surface area contributed by atoms with Crippen LogP contribution < -0.4 is 5.73 Å². The van der Waals surface area contributed by atoms with Crippen molar-refractivity contribution in [1.82, 2.24) is 15.0 Å². The topological polar surface area (TPSA) is 77.0 Å². The lowest BCUT2D eigenvalue weighted by Gasteiger charge is -2.06. The predicted molar refractivity (Wildman–Crippen MR) is 68.4 cm³/mol. The number of phenols is 1. The Morgan fingerprint density at radius 2 is 1.67 bits per heavy atom. The molecule has 0 fully saturated rings. The Morgan fingerprint density at radius 1 is 1.00 bits per heavy atom. The quantitative estimate of drug-likeness (QED) is 0.713. The fourth-order valence-electron chi connectivity index (χ4n) is 1.87. The minimum absolute atomic E-state index is 0.125. The van der Waals surface area contributed by atoms with Crippen molar-refractivity contribution in [2.45, 2.75) is 6.54 Å². The van der Waals surface area contributed by atoms with Crippen LogP contribution in [0.2, 0.25) is 0 Å². The third-order valence-electron chi connectivity index (χ3n) is 2.82. The van der Waals surface area contributed by atoms with Gasteiger partial charge in [0.2, 0.25) is 0 Å². The molecule has 5 heteroatoms. The zero-order valence-electron chi connectivity index (χ0n) is 9.61. The van der Waals surface area contributed by atoms with Crippen LogP contribution in [0.4, 0.5) is 0 Å². The number of para-hydroxylation sites is 1. The Balaban J connectivity index is 2.20. The van der Waals surface area contributed by atoms with Gasteiger partial charge in [-0.15, -0.1) is 15.0 Å². The highest BCUT2D eigenvalue weighted by molar-refractivity contribution is 5.73. The van der Waals surface area contributed by atoms with Crippen LogP contribution in [0.3, 0.4) is 0 Å². The third-order valence-corrected chi connectivity index (χ3v) is 2.82. The molecule has 0 aliphatic rings. The molecule has 18 heavy (non-hydrogen) atoms. The molecule has 0 aliphatic carbocycles. The summed E-state index contributed by atoms with van der Waals surface area (Å²) in [6.45, 7) is 0.278. The molecule has 3 rings (SSSR count). The van der Waals surface area contributed by atoms with Crippen molar-refractivity contribution in [3.8, 4) is 11.4 Å². The van der Waals surface area contributed by atoms with Gasteiger partial charge < -0.3 is 10.8 Å². The van der Waals surface area contributed by atoms with Gasteiger partial charge in [-0.05, 0) is 18.2 Å². The molecule has 0 aliphatic heterocycles. The summed E-state index contributed by atoms with van der Waals surface area (Å²) in [5.74, 6) is 0.125. The number of aromatic hydroxyl groups is 1. The van der Waals surface area contributed by atoms with E-state index in [9.17, 15) is 5.11 Å². The van der Waals surface area contributed by atoms with Gasteiger partial charge in [-0.25, -0.2) is 0 Å². The lowest BCUT2D eigenvalue weighted by Crippen LogP contribution is -2.03. The van der Waals surface area contributed by atoms with Crippen molar-refractivity contribution in [3.63, 3.8) is 0 Å². The van der Waals surface area contributed by atoms with E-state index in [-0.39, 0.29) is 12.3 Å². The molecular formula is C13H12N4O. The second-order valence-corrected chi connectivity index (χ2v) is 3.97. The maximum Gasteiger partial charge on any atom is 0.147 e. The molecule has 0 amide bonds. The molecule has 0 saturated heterocycles. The van der Waals surface area contributed by atoms with Gasteiger partial charge >= 0.3 is 0 Å². The molecule has 5 nitrogen and oxygen atoms in total. The van der Waals surface area contributed by atoms with Crippen LogP contribution in [-0.4, -0.2) is 20.1 Å². The van der Waals surface area contributed by atoms with Crippen LogP contribution in [0.25, 0.3) is 16.7 Å². The summed E-state index contributed by atoms with van der Waals surface area (Å²) in [5.41, 5.74) is 8.35. The third kappa shape index (κ3) is 1.61. The van der Waals surface area contributed by atoms with Crippen LogP contribution in [0.1, 0.15) is 5.56 Å².